The lowest BCUT2D eigenvalue weighted by Gasteiger charge is -2.45. The Morgan fingerprint density at radius 1 is 1.29 bits per heavy atom. The van der Waals surface area contributed by atoms with Crippen LogP contribution in [0, 0.1) is 0 Å². The molecule has 2 atom stereocenters. The monoisotopic (exact) mass is 264 g/mol. The molecule has 0 amide bonds. The van der Waals surface area contributed by atoms with Gasteiger partial charge in [0.25, 0.3) is 0 Å². The van der Waals surface area contributed by atoms with E-state index in [1.807, 2.05) is 13.8 Å². The molecule has 1 N–H and O–H groups in total. The maximum absolute atomic E-state index is 11.1. The molecule has 0 aromatic heterocycles. The molecule has 1 heterocycles. The lowest BCUT2D eigenvalue weighted by Crippen LogP contribution is -2.58. The molecular formula is C11H24N2O3S. The molecule has 0 bridgehead atoms. The largest absolute Gasteiger partial charge is 0.373 e. The molecule has 17 heavy (non-hydrogen) atoms. The average Bonchev–Trinajstić information content (AvgIpc) is 2.12. The first-order valence-corrected chi connectivity index (χ1v) is 7.84. The zero-order valence-corrected chi connectivity index (χ0v) is 12.2. The molecule has 0 aliphatic carbocycles. The van der Waals surface area contributed by atoms with E-state index >= 15 is 0 Å². The van der Waals surface area contributed by atoms with Crippen molar-refractivity contribution in [1.82, 2.24) is 9.62 Å². The van der Waals surface area contributed by atoms with E-state index in [9.17, 15) is 8.42 Å². The molecular weight excluding hydrogens is 240 g/mol. The van der Waals surface area contributed by atoms with E-state index in [4.69, 9.17) is 4.74 Å². The fourth-order valence-corrected chi connectivity index (χ4v) is 2.71. The van der Waals surface area contributed by atoms with E-state index < -0.39 is 10.0 Å². The zero-order chi connectivity index (χ0) is 13.3. The third-order valence-corrected chi connectivity index (χ3v) is 3.71. The summed E-state index contributed by atoms with van der Waals surface area (Å²) in [7, 11) is -3.13. The quantitative estimate of drug-likeness (QED) is 0.799. The normalized spacial score (nSPS) is 28.3. The summed E-state index contributed by atoms with van der Waals surface area (Å²) >= 11 is 0. The summed E-state index contributed by atoms with van der Waals surface area (Å²) < 4.78 is 30.5. The second-order valence-electron chi connectivity index (χ2n) is 5.57. The number of morpholine rings is 1. The molecule has 102 valence electrons. The Morgan fingerprint density at radius 2 is 1.76 bits per heavy atom. The lowest BCUT2D eigenvalue weighted by molar-refractivity contribution is -0.0944. The molecule has 6 heteroatoms. The third kappa shape index (κ3) is 4.91. The lowest BCUT2D eigenvalue weighted by atomic mass is 10.0. The summed E-state index contributed by atoms with van der Waals surface area (Å²) in [6.45, 7) is 10.3. The van der Waals surface area contributed by atoms with Crippen LogP contribution >= 0.6 is 0 Å². The van der Waals surface area contributed by atoms with Crippen LogP contribution in [0.3, 0.4) is 0 Å². The fraction of sp³-hybridized carbons (Fsp3) is 1.00. The molecule has 1 rings (SSSR count). The Labute approximate surface area is 105 Å². The summed E-state index contributed by atoms with van der Waals surface area (Å²) in [5.74, 6) is 0. The number of nitrogens with one attached hydrogen (secondary N) is 1. The van der Waals surface area contributed by atoms with Crippen molar-refractivity contribution in [2.24, 2.45) is 0 Å². The number of nitrogens with zero attached hydrogens (tertiary/aromatic N) is 1. The van der Waals surface area contributed by atoms with Gasteiger partial charge in [0.05, 0.1) is 18.5 Å². The van der Waals surface area contributed by atoms with Gasteiger partial charge in [0.2, 0.25) is 10.0 Å². The highest BCUT2D eigenvalue weighted by molar-refractivity contribution is 7.88. The van der Waals surface area contributed by atoms with Crippen LogP contribution in [0.5, 0.6) is 0 Å². The molecule has 0 radical (unpaired) electrons. The summed E-state index contributed by atoms with van der Waals surface area (Å²) in [5, 5.41) is 0. The smallest absolute Gasteiger partial charge is 0.208 e. The van der Waals surface area contributed by atoms with Crippen molar-refractivity contribution in [3.63, 3.8) is 0 Å². The predicted molar refractivity (Wildman–Crippen MR) is 68.5 cm³/mol. The van der Waals surface area contributed by atoms with Crippen molar-refractivity contribution in [3.05, 3.63) is 0 Å². The van der Waals surface area contributed by atoms with Gasteiger partial charge in [-0.25, -0.2) is 13.1 Å². The van der Waals surface area contributed by atoms with Crippen LogP contribution in [0.15, 0.2) is 0 Å². The third-order valence-electron chi connectivity index (χ3n) is 3.04. The number of hydrogen-bond donors (Lipinski definition) is 1. The van der Waals surface area contributed by atoms with Gasteiger partial charge in [-0.2, -0.15) is 0 Å². The van der Waals surface area contributed by atoms with Crippen molar-refractivity contribution < 1.29 is 13.2 Å². The van der Waals surface area contributed by atoms with E-state index in [-0.39, 0.29) is 17.7 Å². The molecule has 1 aliphatic heterocycles. The van der Waals surface area contributed by atoms with Crippen molar-refractivity contribution in [2.75, 3.05) is 25.9 Å². The Bertz CT molecular complexity index is 344. The van der Waals surface area contributed by atoms with E-state index in [1.54, 1.807) is 0 Å². The number of sulfonamides is 1. The first kappa shape index (κ1) is 14.9. The van der Waals surface area contributed by atoms with Crippen molar-refractivity contribution >= 4 is 10.0 Å². The van der Waals surface area contributed by atoms with Gasteiger partial charge >= 0.3 is 0 Å². The number of rotatable bonds is 4. The summed E-state index contributed by atoms with van der Waals surface area (Å²) in [4.78, 5) is 2.28. The summed E-state index contributed by atoms with van der Waals surface area (Å²) in [6, 6.07) is 0. The van der Waals surface area contributed by atoms with Gasteiger partial charge in [0, 0.05) is 25.2 Å². The Balaban J connectivity index is 2.62. The van der Waals surface area contributed by atoms with Crippen LogP contribution in [0.2, 0.25) is 0 Å². The zero-order valence-electron chi connectivity index (χ0n) is 11.4. The van der Waals surface area contributed by atoms with Crippen LogP contribution < -0.4 is 4.72 Å². The van der Waals surface area contributed by atoms with Crippen LogP contribution in [0.25, 0.3) is 0 Å². The minimum absolute atomic E-state index is 0.191. The maximum atomic E-state index is 11.1. The Kier molecular flexibility index (Phi) is 4.57. The molecule has 2 unspecified atom stereocenters. The van der Waals surface area contributed by atoms with Crippen LogP contribution in [0.1, 0.15) is 27.7 Å². The van der Waals surface area contributed by atoms with Gasteiger partial charge in [-0.1, -0.05) is 0 Å². The van der Waals surface area contributed by atoms with Crippen molar-refractivity contribution in [2.45, 2.75) is 45.4 Å². The first-order valence-electron chi connectivity index (χ1n) is 5.95. The molecule has 0 aromatic carbocycles. The molecule has 0 aromatic rings. The second-order valence-corrected chi connectivity index (χ2v) is 7.40. The fourth-order valence-electron chi connectivity index (χ4n) is 2.09. The number of ether oxygens (including phenoxy) is 1. The van der Waals surface area contributed by atoms with E-state index in [0.29, 0.717) is 6.54 Å². The average molecular weight is 264 g/mol. The summed E-state index contributed by atoms with van der Waals surface area (Å²) in [5.41, 5.74) is -0.199. The van der Waals surface area contributed by atoms with Crippen molar-refractivity contribution in [3.8, 4) is 0 Å². The van der Waals surface area contributed by atoms with E-state index in [2.05, 4.69) is 23.5 Å². The topological polar surface area (TPSA) is 58.6 Å². The number of hydrogen-bond acceptors (Lipinski definition) is 4. The highest BCUT2D eigenvalue weighted by Crippen LogP contribution is 2.20. The van der Waals surface area contributed by atoms with Crippen LogP contribution in [-0.2, 0) is 14.8 Å². The molecule has 5 nitrogen and oxygen atoms in total. The maximum Gasteiger partial charge on any atom is 0.208 e. The predicted octanol–water partition coefficient (Wildman–Crippen LogP) is 0.423. The highest BCUT2D eigenvalue weighted by Gasteiger charge is 2.33. The molecule has 1 fully saturated rings. The van der Waals surface area contributed by atoms with Gasteiger partial charge < -0.3 is 4.74 Å². The van der Waals surface area contributed by atoms with Gasteiger partial charge in [-0.15, -0.1) is 0 Å². The first-order chi connectivity index (χ1) is 7.60. The Morgan fingerprint density at radius 3 is 2.18 bits per heavy atom. The molecule has 1 aliphatic rings. The van der Waals surface area contributed by atoms with Crippen molar-refractivity contribution in [1.29, 1.82) is 0 Å². The van der Waals surface area contributed by atoms with Gasteiger partial charge in [-0.3, -0.25) is 4.90 Å². The SMILES string of the molecule is CC1CN(C(C)(C)CNS(C)(=O)=O)CC(C)O1. The van der Waals surface area contributed by atoms with Crippen LogP contribution in [0.4, 0.5) is 0 Å². The second kappa shape index (κ2) is 5.22. The molecule has 1 saturated heterocycles. The highest BCUT2D eigenvalue weighted by atomic mass is 32.2. The minimum atomic E-state index is -3.13. The molecule has 0 saturated carbocycles. The van der Waals surface area contributed by atoms with Gasteiger partial charge in [-0.05, 0) is 27.7 Å². The minimum Gasteiger partial charge on any atom is -0.373 e. The van der Waals surface area contributed by atoms with Gasteiger partial charge in [0.1, 0.15) is 0 Å². The standard InChI is InChI=1S/C11H24N2O3S/c1-9-6-13(7-10(2)16-9)11(3,4)8-12-17(5,14)15/h9-10,12H,6-8H2,1-5H3. The summed E-state index contributed by atoms with van der Waals surface area (Å²) in [6.07, 6.45) is 1.57. The van der Waals surface area contributed by atoms with Crippen LogP contribution in [-0.4, -0.2) is 57.0 Å². The van der Waals surface area contributed by atoms with Gasteiger partial charge in [0.15, 0.2) is 0 Å². The van der Waals surface area contributed by atoms with E-state index in [1.165, 1.54) is 6.26 Å². The Hall–Kier alpha value is -0.170. The van der Waals surface area contributed by atoms with E-state index in [0.717, 1.165) is 13.1 Å². The molecule has 0 spiro atoms.